The van der Waals surface area contributed by atoms with Gasteiger partial charge in [0.25, 0.3) is 0 Å². The summed E-state index contributed by atoms with van der Waals surface area (Å²) < 4.78 is 4.99. The monoisotopic (exact) mass is 183 g/mol. The number of ether oxygens (including phenoxy) is 1. The van der Waals surface area contributed by atoms with Crippen LogP contribution in [0.4, 0.5) is 5.69 Å². The number of aliphatic imine (C=N–C) groups is 1. The molecule has 0 fully saturated rings. The standard InChI is InChI=1S/C7H6ClN3O/c1-12-6-5-4(2-3-9-5)10-7(8)11-6/h3H,2H2,1H3. The highest BCUT2D eigenvalue weighted by atomic mass is 35.5. The molecule has 0 unspecified atom stereocenters. The number of rotatable bonds is 1. The Morgan fingerprint density at radius 2 is 2.33 bits per heavy atom. The van der Waals surface area contributed by atoms with Gasteiger partial charge in [0, 0.05) is 12.6 Å². The number of nitrogens with zero attached hydrogens (tertiary/aromatic N) is 3. The summed E-state index contributed by atoms with van der Waals surface area (Å²) in [4.78, 5) is 12.0. The predicted molar refractivity (Wildman–Crippen MR) is 45.5 cm³/mol. The van der Waals surface area contributed by atoms with Crippen LogP contribution in [0, 0.1) is 0 Å². The second-order valence-corrected chi connectivity index (χ2v) is 2.65. The fourth-order valence-corrected chi connectivity index (χ4v) is 1.27. The third kappa shape index (κ3) is 1.04. The lowest BCUT2D eigenvalue weighted by atomic mass is 10.3. The maximum absolute atomic E-state index is 5.65. The van der Waals surface area contributed by atoms with Gasteiger partial charge in [-0.15, -0.1) is 0 Å². The minimum absolute atomic E-state index is 0.205. The molecule has 1 aliphatic heterocycles. The van der Waals surface area contributed by atoms with Gasteiger partial charge in [-0.2, -0.15) is 4.98 Å². The number of aromatic nitrogens is 2. The van der Waals surface area contributed by atoms with Crippen molar-refractivity contribution in [3.8, 4) is 5.88 Å². The molecule has 2 rings (SSSR count). The lowest BCUT2D eigenvalue weighted by Crippen LogP contribution is -1.94. The van der Waals surface area contributed by atoms with Gasteiger partial charge in [-0.05, 0) is 11.6 Å². The van der Waals surface area contributed by atoms with E-state index in [1.165, 1.54) is 7.11 Å². The lowest BCUT2D eigenvalue weighted by molar-refractivity contribution is 0.398. The molecule has 0 amide bonds. The molecule has 1 aromatic rings. The van der Waals surface area contributed by atoms with Crippen molar-refractivity contribution >= 4 is 23.5 Å². The molecule has 0 radical (unpaired) electrons. The average Bonchev–Trinajstić information content (AvgIpc) is 2.50. The molecule has 0 aromatic carbocycles. The van der Waals surface area contributed by atoms with Gasteiger partial charge in [0.05, 0.1) is 12.8 Å². The Morgan fingerprint density at radius 3 is 3.08 bits per heavy atom. The smallest absolute Gasteiger partial charge is 0.244 e. The predicted octanol–water partition coefficient (Wildman–Crippen LogP) is 1.40. The Bertz CT molecular complexity index is 351. The van der Waals surface area contributed by atoms with Crippen LogP contribution in [0.2, 0.25) is 5.28 Å². The Labute approximate surface area is 74.3 Å². The van der Waals surface area contributed by atoms with Crippen LogP contribution in [-0.2, 0) is 6.42 Å². The van der Waals surface area contributed by atoms with E-state index in [2.05, 4.69) is 15.0 Å². The number of halogens is 1. The molecule has 4 nitrogen and oxygen atoms in total. The summed E-state index contributed by atoms with van der Waals surface area (Å²) in [5, 5.41) is 0.205. The van der Waals surface area contributed by atoms with Crippen molar-refractivity contribution in [3.63, 3.8) is 0 Å². The molecule has 0 atom stereocenters. The van der Waals surface area contributed by atoms with Crippen LogP contribution in [0.25, 0.3) is 0 Å². The zero-order valence-corrected chi connectivity index (χ0v) is 7.17. The number of hydrogen-bond acceptors (Lipinski definition) is 4. The zero-order chi connectivity index (χ0) is 8.55. The van der Waals surface area contributed by atoms with Crippen LogP contribution in [0.15, 0.2) is 4.99 Å². The van der Waals surface area contributed by atoms with E-state index in [-0.39, 0.29) is 5.28 Å². The van der Waals surface area contributed by atoms with E-state index in [9.17, 15) is 0 Å². The van der Waals surface area contributed by atoms with Crippen molar-refractivity contribution < 1.29 is 4.74 Å². The molecule has 0 bridgehead atoms. The van der Waals surface area contributed by atoms with Gasteiger partial charge in [-0.1, -0.05) is 0 Å². The van der Waals surface area contributed by atoms with E-state index in [1.54, 1.807) is 6.21 Å². The van der Waals surface area contributed by atoms with Crippen LogP contribution < -0.4 is 4.74 Å². The SMILES string of the molecule is COc1nc(Cl)nc2c1N=CC2. The van der Waals surface area contributed by atoms with Crippen LogP contribution in [-0.4, -0.2) is 23.3 Å². The molecule has 62 valence electrons. The highest BCUT2D eigenvalue weighted by Gasteiger charge is 2.16. The maximum Gasteiger partial charge on any atom is 0.244 e. The molecule has 0 saturated carbocycles. The van der Waals surface area contributed by atoms with E-state index in [0.29, 0.717) is 18.0 Å². The summed E-state index contributed by atoms with van der Waals surface area (Å²) in [6, 6.07) is 0. The van der Waals surface area contributed by atoms with Gasteiger partial charge in [0.1, 0.15) is 5.69 Å². The topological polar surface area (TPSA) is 47.4 Å². The number of methoxy groups -OCH3 is 1. The van der Waals surface area contributed by atoms with E-state index in [4.69, 9.17) is 16.3 Å². The molecule has 5 heteroatoms. The molecule has 0 saturated heterocycles. The normalized spacial score (nSPS) is 13.2. The van der Waals surface area contributed by atoms with Gasteiger partial charge < -0.3 is 4.74 Å². The molecular weight excluding hydrogens is 178 g/mol. The summed E-state index contributed by atoms with van der Waals surface area (Å²) in [7, 11) is 1.53. The van der Waals surface area contributed by atoms with Gasteiger partial charge in [0.15, 0.2) is 0 Å². The van der Waals surface area contributed by atoms with Gasteiger partial charge >= 0.3 is 0 Å². The third-order valence-corrected chi connectivity index (χ3v) is 1.76. The summed E-state index contributed by atoms with van der Waals surface area (Å²) in [5.41, 5.74) is 1.52. The van der Waals surface area contributed by atoms with Crippen LogP contribution in [0.5, 0.6) is 5.88 Å². The van der Waals surface area contributed by atoms with Crippen LogP contribution in [0.1, 0.15) is 5.69 Å². The van der Waals surface area contributed by atoms with Crippen molar-refractivity contribution in [2.75, 3.05) is 7.11 Å². The number of hydrogen-bond donors (Lipinski definition) is 0. The van der Waals surface area contributed by atoms with E-state index in [0.717, 1.165) is 5.69 Å². The van der Waals surface area contributed by atoms with Crippen molar-refractivity contribution in [1.82, 2.24) is 9.97 Å². The third-order valence-electron chi connectivity index (χ3n) is 1.60. The molecule has 1 aromatic heterocycles. The molecule has 0 N–H and O–H groups in total. The second kappa shape index (κ2) is 2.71. The highest BCUT2D eigenvalue weighted by molar-refractivity contribution is 6.28. The Hall–Kier alpha value is -1.16. The quantitative estimate of drug-likeness (QED) is 0.619. The highest BCUT2D eigenvalue weighted by Crippen LogP contribution is 2.32. The van der Waals surface area contributed by atoms with Gasteiger partial charge in [-0.3, -0.25) is 4.99 Å². The molecule has 0 aliphatic carbocycles. The first-order valence-electron chi connectivity index (χ1n) is 3.44. The molecule has 12 heavy (non-hydrogen) atoms. The van der Waals surface area contributed by atoms with Crippen molar-refractivity contribution in [2.24, 2.45) is 4.99 Å². The first-order valence-corrected chi connectivity index (χ1v) is 3.82. The summed E-state index contributed by atoms with van der Waals surface area (Å²) in [5.74, 6) is 0.443. The Morgan fingerprint density at radius 1 is 1.50 bits per heavy atom. The van der Waals surface area contributed by atoms with Gasteiger partial charge in [-0.25, -0.2) is 4.98 Å². The molecular formula is C7H6ClN3O. The van der Waals surface area contributed by atoms with Gasteiger partial charge in [0.2, 0.25) is 11.2 Å². The van der Waals surface area contributed by atoms with Crippen molar-refractivity contribution in [3.05, 3.63) is 11.0 Å². The van der Waals surface area contributed by atoms with E-state index >= 15 is 0 Å². The minimum Gasteiger partial charge on any atom is -0.479 e. The summed E-state index contributed by atoms with van der Waals surface area (Å²) in [6.07, 6.45) is 2.46. The van der Waals surface area contributed by atoms with E-state index < -0.39 is 0 Å². The first kappa shape index (κ1) is 7.49. The molecule has 2 heterocycles. The van der Waals surface area contributed by atoms with E-state index in [1.807, 2.05) is 0 Å². The zero-order valence-electron chi connectivity index (χ0n) is 6.41. The second-order valence-electron chi connectivity index (χ2n) is 2.31. The Balaban J connectivity index is 2.60. The minimum atomic E-state index is 0.205. The average molecular weight is 184 g/mol. The maximum atomic E-state index is 5.65. The largest absolute Gasteiger partial charge is 0.479 e. The van der Waals surface area contributed by atoms with Crippen LogP contribution >= 0.6 is 11.6 Å². The fraction of sp³-hybridized carbons (Fsp3) is 0.286. The van der Waals surface area contributed by atoms with Crippen molar-refractivity contribution in [1.29, 1.82) is 0 Å². The number of fused-ring (bicyclic) bond motifs is 1. The van der Waals surface area contributed by atoms with Crippen molar-refractivity contribution in [2.45, 2.75) is 6.42 Å². The van der Waals surface area contributed by atoms with Crippen LogP contribution in [0.3, 0.4) is 0 Å². The summed E-state index contributed by atoms with van der Waals surface area (Å²) >= 11 is 5.65. The summed E-state index contributed by atoms with van der Waals surface area (Å²) in [6.45, 7) is 0. The molecule has 0 spiro atoms. The lowest BCUT2D eigenvalue weighted by Gasteiger charge is -2.02. The fourth-order valence-electron chi connectivity index (χ4n) is 1.09. The molecule has 1 aliphatic rings. The first-order chi connectivity index (χ1) is 5.81. The Kier molecular flexibility index (Phi) is 1.69.